The first-order valence-electron chi connectivity index (χ1n) is 6.29. The molecule has 1 fully saturated rings. The molecule has 1 aromatic heterocycles. The van der Waals surface area contributed by atoms with Crippen LogP contribution in [-0.4, -0.2) is 22.0 Å². The number of halogens is 1. The SMILES string of the molecule is CNCc1cc(S(=O)(=O)NCC2(C)CCC2)c(Br)o1. The Morgan fingerprint density at radius 3 is 2.68 bits per heavy atom. The number of hydrogen-bond acceptors (Lipinski definition) is 4. The van der Waals surface area contributed by atoms with Crippen LogP contribution in [0.3, 0.4) is 0 Å². The molecule has 2 N–H and O–H groups in total. The first-order valence-corrected chi connectivity index (χ1v) is 8.56. The van der Waals surface area contributed by atoms with Crippen LogP contribution < -0.4 is 10.0 Å². The highest BCUT2D eigenvalue weighted by atomic mass is 79.9. The van der Waals surface area contributed by atoms with Crippen molar-refractivity contribution < 1.29 is 12.8 Å². The van der Waals surface area contributed by atoms with Gasteiger partial charge in [0, 0.05) is 12.6 Å². The highest BCUT2D eigenvalue weighted by molar-refractivity contribution is 9.10. The van der Waals surface area contributed by atoms with Gasteiger partial charge in [0.1, 0.15) is 10.7 Å². The van der Waals surface area contributed by atoms with Crippen molar-refractivity contribution in [3.8, 4) is 0 Å². The Hall–Kier alpha value is -0.370. The van der Waals surface area contributed by atoms with E-state index in [-0.39, 0.29) is 15.0 Å². The maximum Gasteiger partial charge on any atom is 0.244 e. The van der Waals surface area contributed by atoms with Crippen LogP contribution in [0.15, 0.2) is 20.0 Å². The summed E-state index contributed by atoms with van der Waals surface area (Å²) >= 11 is 3.16. The van der Waals surface area contributed by atoms with Gasteiger partial charge in [-0.15, -0.1) is 0 Å². The van der Waals surface area contributed by atoms with Gasteiger partial charge in [-0.1, -0.05) is 13.3 Å². The van der Waals surface area contributed by atoms with Crippen molar-refractivity contribution in [1.29, 1.82) is 0 Å². The van der Waals surface area contributed by atoms with Gasteiger partial charge >= 0.3 is 0 Å². The van der Waals surface area contributed by atoms with Crippen LogP contribution in [0.5, 0.6) is 0 Å². The van der Waals surface area contributed by atoms with Crippen molar-refractivity contribution in [1.82, 2.24) is 10.0 Å². The Balaban J connectivity index is 2.10. The molecule has 108 valence electrons. The highest BCUT2D eigenvalue weighted by Crippen LogP contribution is 2.39. The Morgan fingerprint density at radius 2 is 2.16 bits per heavy atom. The maximum atomic E-state index is 12.2. The number of furan rings is 1. The summed E-state index contributed by atoms with van der Waals surface area (Å²) in [6, 6.07) is 1.55. The molecule has 0 amide bonds. The summed E-state index contributed by atoms with van der Waals surface area (Å²) in [5, 5.41) is 2.92. The summed E-state index contributed by atoms with van der Waals surface area (Å²) in [5.74, 6) is 0.588. The zero-order chi connectivity index (χ0) is 14.1. The predicted molar refractivity (Wildman–Crippen MR) is 76.3 cm³/mol. The predicted octanol–water partition coefficient (Wildman–Crippen LogP) is 2.23. The quantitative estimate of drug-likeness (QED) is 0.825. The molecule has 0 unspecified atom stereocenters. The van der Waals surface area contributed by atoms with E-state index in [4.69, 9.17) is 4.42 Å². The normalized spacial score (nSPS) is 18.3. The molecule has 1 aliphatic rings. The zero-order valence-corrected chi connectivity index (χ0v) is 13.5. The minimum atomic E-state index is -3.52. The molecule has 0 radical (unpaired) electrons. The second kappa shape index (κ2) is 5.55. The second-order valence-corrected chi connectivity index (χ2v) is 7.83. The molecule has 0 aliphatic heterocycles. The molecule has 0 bridgehead atoms. The molecule has 0 aromatic carbocycles. The standard InChI is InChI=1S/C12H19BrN2O3S/c1-12(4-3-5-12)8-15-19(16,17)10-6-9(7-14-2)18-11(10)13/h6,14-15H,3-5,7-8H2,1-2H3. The van der Waals surface area contributed by atoms with Crippen LogP contribution in [0, 0.1) is 5.41 Å². The van der Waals surface area contributed by atoms with E-state index in [1.54, 1.807) is 13.1 Å². The molecular weight excluding hydrogens is 332 g/mol. The fourth-order valence-electron chi connectivity index (χ4n) is 2.15. The van der Waals surface area contributed by atoms with Gasteiger partial charge in [0.05, 0.1) is 6.54 Å². The van der Waals surface area contributed by atoms with E-state index in [2.05, 4.69) is 32.9 Å². The topological polar surface area (TPSA) is 71.3 Å². The second-order valence-electron chi connectivity index (χ2n) is 5.37. The molecule has 1 aliphatic carbocycles. The zero-order valence-electron chi connectivity index (χ0n) is 11.1. The lowest BCUT2D eigenvalue weighted by molar-refractivity contribution is 0.166. The molecule has 1 aromatic rings. The molecule has 2 rings (SSSR count). The van der Waals surface area contributed by atoms with Crippen molar-refractivity contribution in [3.05, 3.63) is 16.5 Å². The first-order chi connectivity index (χ1) is 8.86. The smallest absolute Gasteiger partial charge is 0.244 e. The van der Waals surface area contributed by atoms with Gasteiger partial charge in [-0.2, -0.15) is 0 Å². The molecule has 19 heavy (non-hydrogen) atoms. The van der Waals surface area contributed by atoms with E-state index >= 15 is 0 Å². The Bertz CT molecular complexity index is 549. The third kappa shape index (κ3) is 3.39. The Labute approximate surface area is 122 Å². The molecule has 1 saturated carbocycles. The number of hydrogen-bond donors (Lipinski definition) is 2. The summed E-state index contributed by atoms with van der Waals surface area (Å²) in [6.45, 7) is 3.08. The van der Waals surface area contributed by atoms with E-state index in [0.717, 1.165) is 12.8 Å². The van der Waals surface area contributed by atoms with E-state index in [1.807, 2.05) is 0 Å². The number of sulfonamides is 1. The monoisotopic (exact) mass is 350 g/mol. The van der Waals surface area contributed by atoms with Crippen molar-refractivity contribution in [2.24, 2.45) is 5.41 Å². The molecule has 1 heterocycles. The fourth-order valence-corrected chi connectivity index (χ4v) is 4.34. The third-order valence-electron chi connectivity index (χ3n) is 3.60. The molecular formula is C12H19BrN2O3S. The molecule has 0 saturated heterocycles. The minimum Gasteiger partial charge on any atom is -0.452 e. The van der Waals surface area contributed by atoms with Gasteiger partial charge < -0.3 is 9.73 Å². The summed E-state index contributed by atoms with van der Waals surface area (Å²) in [6.07, 6.45) is 3.33. The minimum absolute atomic E-state index is 0.108. The van der Waals surface area contributed by atoms with E-state index in [1.165, 1.54) is 6.42 Å². The van der Waals surface area contributed by atoms with Crippen LogP contribution in [0.25, 0.3) is 0 Å². The number of nitrogens with one attached hydrogen (secondary N) is 2. The van der Waals surface area contributed by atoms with Crippen molar-refractivity contribution in [2.45, 2.75) is 37.6 Å². The molecule has 7 heteroatoms. The van der Waals surface area contributed by atoms with Gasteiger partial charge in [-0.25, -0.2) is 13.1 Å². The van der Waals surface area contributed by atoms with Crippen LogP contribution in [0.4, 0.5) is 0 Å². The summed E-state index contributed by atoms with van der Waals surface area (Å²) in [4.78, 5) is 0.167. The van der Waals surface area contributed by atoms with Crippen molar-refractivity contribution in [3.63, 3.8) is 0 Å². The van der Waals surface area contributed by atoms with Gasteiger partial charge in [0.15, 0.2) is 4.67 Å². The van der Waals surface area contributed by atoms with Gasteiger partial charge in [0.25, 0.3) is 0 Å². The molecule has 5 nitrogen and oxygen atoms in total. The van der Waals surface area contributed by atoms with Crippen molar-refractivity contribution in [2.75, 3.05) is 13.6 Å². The van der Waals surface area contributed by atoms with Gasteiger partial charge in [-0.05, 0) is 41.2 Å². The molecule has 0 atom stereocenters. The largest absolute Gasteiger partial charge is 0.452 e. The lowest BCUT2D eigenvalue weighted by Gasteiger charge is -2.38. The summed E-state index contributed by atoms with van der Waals surface area (Å²) < 4.78 is 32.7. The average molecular weight is 351 g/mol. The summed E-state index contributed by atoms with van der Waals surface area (Å²) in [7, 11) is -1.74. The lowest BCUT2D eigenvalue weighted by atomic mass is 9.71. The Morgan fingerprint density at radius 1 is 1.47 bits per heavy atom. The van der Waals surface area contributed by atoms with Gasteiger partial charge in [-0.3, -0.25) is 0 Å². The van der Waals surface area contributed by atoms with E-state index < -0.39 is 10.0 Å². The van der Waals surface area contributed by atoms with Crippen LogP contribution in [0.1, 0.15) is 31.9 Å². The summed E-state index contributed by atoms with van der Waals surface area (Å²) in [5.41, 5.74) is 0.108. The molecule has 0 spiro atoms. The van der Waals surface area contributed by atoms with Crippen LogP contribution >= 0.6 is 15.9 Å². The van der Waals surface area contributed by atoms with E-state index in [9.17, 15) is 8.42 Å². The average Bonchev–Trinajstić information content (AvgIpc) is 2.67. The lowest BCUT2D eigenvalue weighted by Crippen LogP contribution is -2.39. The maximum absolute atomic E-state index is 12.2. The Kier molecular flexibility index (Phi) is 4.39. The third-order valence-corrected chi connectivity index (χ3v) is 5.85. The number of rotatable bonds is 6. The van der Waals surface area contributed by atoms with Gasteiger partial charge in [0.2, 0.25) is 10.0 Å². The first kappa shape index (κ1) is 15.0. The highest BCUT2D eigenvalue weighted by Gasteiger charge is 2.33. The fraction of sp³-hybridized carbons (Fsp3) is 0.667. The van der Waals surface area contributed by atoms with Crippen LogP contribution in [0.2, 0.25) is 0 Å². The van der Waals surface area contributed by atoms with Crippen LogP contribution in [-0.2, 0) is 16.6 Å². The van der Waals surface area contributed by atoms with Crippen molar-refractivity contribution >= 4 is 26.0 Å². The van der Waals surface area contributed by atoms with E-state index in [0.29, 0.717) is 18.8 Å².